The molecule has 2 fully saturated rings. The van der Waals surface area contributed by atoms with Crippen LogP contribution < -0.4 is 9.77 Å². The number of amides is 3. The first-order valence-electron chi connectivity index (χ1n) is 12.1. The van der Waals surface area contributed by atoms with Crippen molar-refractivity contribution in [2.75, 3.05) is 31.2 Å². The van der Waals surface area contributed by atoms with Crippen molar-refractivity contribution < 1.29 is 19.1 Å². The molecule has 4 heterocycles. The summed E-state index contributed by atoms with van der Waals surface area (Å²) < 4.78 is 7.58. The van der Waals surface area contributed by atoms with Crippen molar-refractivity contribution in [2.24, 2.45) is 5.92 Å². The molecule has 3 amide bonds. The zero-order chi connectivity index (χ0) is 27.4. The monoisotopic (exact) mass is 667 g/mol. The number of anilines is 1. The number of nitrogens with zero attached hydrogens (tertiary/aromatic N) is 3. The zero-order valence-corrected chi connectivity index (χ0v) is 24.9. The first kappa shape index (κ1) is 27.0. The molecule has 3 aromatic rings. The summed E-state index contributed by atoms with van der Waals surface area (Å²) in [5.74, 6) is -2.45. The van der Waals surface area contributed by atoms with Crippen LogP contribution in [0.2, 0.25) is 10.0 Å². The Balaban J connectivity index is 1.46. The van der Waals surface area contributed by atoms with Crippen LogP contribution in [-0.2, 0) is 25.7 Å². The molecule has 0 aliphatic carbocycles. The lowest BCUT2D eigenvalue weighted by Gasteiger charge is -2.31. The first-order chi connectivity index (χ1) is 18.8. The summed E-state index contributed by atoms with van der Waals surface area (Å²) in [5, 5.41) is 0.265. The number of halogens is 3. The van der Waals surface area contributed by atoms with Crippen LogP contribution in [0.1, 0.15) is 16.4 Å². The Bertz CT molecular complexity index is 1550. The van der Waals surface area contributed by atoms with Gasteiger partial charge in [-0.15, -0.1) is 0 Å². The lowest BCUT2D eigenvalue weighted by Crippen LogP contribution is -2.43. The summed E-state index contributed by atoms with van der Waals surface area (Å²) in [6.45, 7) is 1.63. The summed E-state index contributed by atoms with van der Waals surface area (Å²) in [5.41, 5.74) is 1.02. The molecule has 13 heteroatoms. The summed E-state index contributed by atoms with van der Waals surface area (Å²) >= 11 is 18.6. The van der Waals surface area contributed by atoms with E-state index in [1.807, 2.05) is 0 Å². The van der Waals surface area contributed by atoms with Gasteiger partial charge < -0.3 is 9.64 Å². The minimum Gasteiger partial charge on any atom is -0.378 e. The van der Waals surface area contributed by atoms with Crippen LogP contribution in [0.25, 0.3) is 0 Å². The average Bonchev–Trinajstić information content (AvgIpc) is 3.38. The van der Waals surface area contributed by atoms with Gasteiger partial charge in [-0.25, -0.2) is 4.90 Å². The minimum atomic E-state index is -0.813. The molecule has 0 saturated carbocycles. The maximum atomic E-state index is 14.0. The van der Waals surface area contributed by atoms with Gasteiger partial charge in [0.05, 0.1) is 39.9 Å². The summed E-state index contributed by atoms with van der Waals surface area (Å²) in [4.78, 5) is 57.3. The van der Waals surface area contributed by atoms with Gasteiger partial charge in [0.25, 0.3) is 0 Å². The van der Waals surface area contributed by atoms with E-state index in [0.29, 0.717) is 52.5 Å². The number of carbonyl (C=O) groups is 3. The number of aromatic nitrogens is 1. The molecule has 8 nitrogen and oxygen atoms in total. The summed E-state index contributed by atoms with van der Waals surface area (Å²) in [6.07, 6.45) is 0. The molecule has 0 spiro atoms. The van der Waals surface area contributed by atoms with E-state index in [2.05, 4.69) is 15.9 Å². The van der Waals surface area contributed by atoms with Crippen molar-refractivity contribution in [3.63, 3.8) is 0 Å². The molecular formula is C26H20BrCl2N3O5S2. The van der Waals surface area contributed by atoms with Crippen molar-refractivity contribution in [3.05, 3.63) is 77.1 Å². The molecule has 1 aromatic heterocycles. The van der Waals surface area contributed by atoms with Crippen molar-refractivity contribution in [1.29, 1.82) is 0 Å². The van der Waals surface area contributed by atoms with E-state index >= 15 is 0 Å². The van der Waals surface area contributed by atoms with Gasteiger partial charge in [-0.2, -0.15) is 0 Å². The highest BCUT2D eigenvalue weighted by Crippen LogP contribution is 2.55. The number of carbonyl (C=O) groups excluding carboxylic acids is 3. The standard InChI is InChI=1S/C26H20BrCl2N3O5S2/c27-13-4-6-14(7-5-13)32-23(34)19-18(15-2-1-3-16(28)20(15)29)22-25(38-21(19)24(32)35)31(26(36)39-22)12-17(33)30-8-10-37-11-9-30/h1-7,18-19,21H,8-12H2. The van der Waals surface area contributed by atoms with Crippen molar-refractivity contribution in [3.8, 4) is 0 Å². The molecule has 0 bridgehead atoms. The Morgan fingerprint density at radius 2 is 1.74 bits per heavy atom. The van der Waals surface area contributed by atoms with E-state index in [4.69, 9.17) is 27.9 Å². The molecule has 0 radical (unpaired) electrons. The molecule has 39 heavy (non-hydrogen) atoms. The third kappa shape index (κ3) is 4.66. The molecule has 3 aliphatic heterocycles. The number of thioether (sulfide) groups is 1. The Labute approximate surface area is 249 Å². The van der Waals surface area contributed by atoms with Crippen LogP contribution in [0, 0.1) is 5.92 Å². The molecule has 2 aromatic carbocycles. The van der Waals surface area contributed by atoms with Gasteiger partial charge >= 0.3 is 4.87 Å². The van der Waals surface area contributed by atoms with Crippen LogP contribution in [0.4, 0.5) is 5.69 Å². The van der Waals surface area contributed by atoms with E-state index < -0.39 is 17.1 Å². The van der Waals surface area contributed by atoms with Gasteiger partial charge in [0.15, 0.2) is 0 Å². The molecule has 3 unspecified atom stereocenters. The van der Waals surface area contributed by atoms with E-state index in [0.717, 1.165) is 15.8 Å². The van der Waals surface area contributed by atoms with Crippen molar-refractivity contribution in [2.45, 2.75) is 22.7 Å². The van der Waals surface area contributed by atoms with Gasteiger partial charge in [-0.05, 0) is 35.9 Å². The minimum absolute atomic E-state index is 0.163. The number of ether oxygens (including phenoxy) is 1. The van der Waals surface area contributed by atoms with Gasteiger partial charge in [0, 0.05) is 28.4 Å². The van der Waals surface area contributed by atoms with Crippen LogP contribution in [-0.4, -0.2) is 58.7 Å². The van der Waals surface area contributed by atoms with Gasteiger partial charge in [-0.3, -0.25) is 23.7 Å². The van der Waals surface area contributed by atoms with Gasteiger partial charge in [0.2, 0.25) is 17.7 Å². The SMILES string of the molecule is O=C(Cn1c2c(sc1=O)C(c1cccc(Cl)c1Cl)C1C(=O)N(c3ccc(Br)cc3)C(=O)C1S2)N1CCOCC1. The average molecular weight is 669 g/mol. The first-order valence-corrected chi connectivity index (χ1v) is 15.3. The fraction of sp³-hybridized carbons (Fsp3) is 0.308. The highest BCUT2D eigenvalue weighted by molar-refractivity contribution is 9.10. The molecule has 2 saturated heterocycles. The second-order valence-corrected chi connectivity index (χ2v) is 13.1. The number of benzene rings is 2. The lowest BCUT2D eigenvalue weighted by molar-refractivity contribution is -0.136. The maximum absolute atomic E-state index is 14.0. The third-order valence-electron chi connectivity index (χ3n) is 7.11. The Hall–Kier alpha value is -2.15. The van der Waals surface area contributed by atoms with Crippen LogP contribution >= 0.6 is 62.2 Å². The number of thiazole rings is 1. The normalized spacial score (nSPS) is 22.7. The van der Waals surface area contributed by atoms with E-state index in [1.165, 1.54) is 21.2 Å². The Morgan fingerprint density at radius 1 is 1.03 bits per heavy atom. The van der Waals surface area contributed by atoms with Crippen LogP contribution in [0.5, 0.6) is 0 Å². The Kier molecular flexibility index (Phi) is 7.41. The molecule has 3 aliphatic rings. The third-order valence-corrected chi connectivity index (χ3v) is 11.1. The molecule has 3 atom stereocenters. The molecule has 202 valence electrons. The smallest absolute Gasteiger partial charge is 0.308 e. The molecular weight excluding hydrogens is 649 g/mol. The fourth-order valence-corrected chi connectivity index (χ4v) is 8.70. The highest BCUT2D eigenvalue weighted by atomic mass is 79.9. The number of rotatable bonds is 4. The fourth-order valence-electron chi connectivity index (χ4n) is 5.24. The van der Waals surface area contributed by atoms with Crippen molar-refractivity contribution >= 4 is 85.6 Å². The van der Waals surface area contributed by atoms with E-state index in [9.17, 15) is 19.2 Å². The highest BCUT2D eigenvalue weighted by Gasteiger charge is 2.57. The second-order valence-electron chi connectivity index (χ2n) is 9.29. The van der Waals surface area contributed by atoms with E-state index in [-0.39, 0.29) is 34.2 Å². The quantitative estimate of drug-likeness (QED) is 0.377. The van der Waals surface area contributed by atoms with Crippen molar-refractivity contribution in [1.82, 2.24) is 9.47 Å². The number of morpholine rings is 1. The lowest BCUT2D eigenvalue weighted by atomic mass is 9.83. The number of hydrogen-bond acceptors (Lipinski definition) is 7. The summed E-state index contributed by atoms with van der Waals surface area (Å²) in [7, 11) is 0. The van der Waals surface area contributed by atoms with Crippen LogP contribution in [0.3, 0.4) is 0 Å². The Morgan fingerprint density at radius 3 is 2.46 bits per heavy atom. The van der Waals surface area contributed by atoms with E-state index in [1.54, 1.807) is 47.4 Å². The van der Waals surface area contributed by atoms with Gasteiger partial charge in [-0.1, -0.05) is 74.4 Å². The zero-order valence-electron chi connectivity index (χ0n) is 20.1. The van der Waals surface area contributed by atoms with Crippen LogP contribution in [0.15, 0.2) is 56.8 Å². The second kappa shape index (κ2) is 10.7. The number of fused-ring (bicyclic) bond motifs is 2. The number of hydrogen-bond donors (Lipinski definition) is 0. The topological polar surface area (TPSA) is 88.9 Å². The predicted molar refractivity (Wildman–Crippen MR) is 154 cm³/mol. The molecule has 6 rings (SSSR count). The number of imide groups is 1. The molecule has 0 N–H and O–H groups in total. The summed E-state index contributed by atoms with van der Waals surface area (Å²) in [6, 6.07) is 12.1. The largest absolute Gasteiger partial charge is 0.378 e. The predicted octanol–water partition coefficient (Wildman–Crippen LogP) is 4.63. The van der Waals surface area contributed by atoms with Gasteiger partial charge in [0.1, 0.15) is 11.8 Å². The maximum Gasteiger partial charge on any atom is 0.308 e.